The van der Waals surface area contributed by atoms with E-state index in [1.807, 2.05) is 5.32 Å². The van der Waals surface area contributed by atoms with E-state index in [0.717, 1.165) is 0 Å². The van der Waals surface area contributed by atoms with Crippen LogP contribution in [0.25, 0.3) is 0 Å². The lowest BCUT2D eigenvalue weighted by molar-refractivity contribution is -0.173. The van der Waals surface area contributed by atoms with Gasteiger partial charge in [0.05, 0.1) is 0 Å². The Morgan fingerprint density at radius 3 is 2.11 bits per heavy atom. The van der Waals surface area contributed by atoms with Crippen LogP contribution in [0.2, 0.25) is 0 Å². The maximum absolute atomic E-state index is 12.7. The summed E-state index contributed by atoms with van der Waals surface area (Å²) in [5.41, 5.74) is -0.0689. The zero-order chi connectivity index (χ0) is 14.0. The lowest BCUT2D eigenvalue weighted by Crippen LogP contribution is -2.43. The monoisotopic (exact) mass is 263 g/mol. The summed E-state index contributed by atoms with van der Waals surface area (Å²) in [6, 6.07) is 5.41. The van der Waals surface area contributed by atoms with Gasteiger partial charge in [0.15, 0.2) is 0 Å². The highest BCUT2D eigenvalue weighted by atomic mass is 19.4. The molecule has 1 rings (SSSR count). The molecule has 0 fully saturated rings. The maximum Gasteiger partial charge on any atom is 0.471 e. The van der Waals surface area contributed by atoms with Crippen molar-refractivity contribution in [2.45, 2.75) is 25.4 Å². The van der Waals surface area contributed by atoms with Crippen molar-refractivity contribution in [2.75, 3.05) is 6.54 Å². The molecule has 0 aliphatic heterocycles. The topological polar surface area (TPSA) is 29.1 Å². The molecule has 0 radical (unpaired) electrons. The third kappa shape index (κ3) is 3.72. The smallest absolute Gasteiger partial charge is 0.347 e. The van der Waals surface area contributed by atoms with E-state index in [4.69, 9.17) is 0 Å². The van der Waals surface area contributed by atoms with Crippen LogP contribution in [0.15, 0.2) is 24.3 Å². The quantitative estimate of drug-likeness (QED) is 0.835. The molecule has 0 aliphatic rings. The molecule has 100 valence electrons. The van der Waals surface area contributed by atoms with E-state index in [1.54, 1.807) is 13.8 Å². The van der Waals surface area contributed by atoms with Crippen LogP contribution in [0.5, 0.6) is 0 Å². The lowest BCUT2D eigenvalue weighted by atomic mass is 9.84. The molecule has 1 N–H and O–H groups in total. The fourth-order valence-corrected chi connectivity index (χ4v) is 1.40. The van der Waals surface area contributed by atoms with Gasteiger partial charge in [-0.3, -0.25) is 4.79 Å². The Kier molecular flexibility index (Phi) is 3.98. The summed E-state index contributed by atoms with van der Waals surface area (Å²) < 4.78 is 48.8. The number of carbonyl (C=O) groups is 1. The summed E-state index contributed by atoms with van der Waals surface area (Å²) >= 11 is 0. The second-order valence-electron chi connectivity index (χ2n) is 4.57. The minimum atomic E-state index is -4.89. The van der Waals surface area contributed by atoms with Crippen molar-refractivity contribution < 1.29 is 22.4 Å². The van der Waals surface area contributed by atoms with Crippen molar-refractivity contribution in [3.05, 3.63) is 35.6 Å². The van der Waals surface area contributed by atoms with Crippen molar-refractivity contribution in [3.8, 4) is 0 Å². The molecule has 0 aliphatic carbocycles. The molecule has 18 heavy (non-hydrogen) atoms. The van der Waals surface area contributed by atoms with Crippen molar-refractivity contribution in [1.82, 2.24) is 5.32 Å². The largest absolute Gasteiger partial charge is 0.471 e. The van der Waals surface area contributed by atoms with Gasteiger partial charge in [0.2, 0.25) is 0 Å². The molecule has 0 atom stereocenters. The Bertz CT molecular complexity index is 423. The molecule has 1 amide bonds. The molecule has 1 aromatic rings. The molecule has 2 nitrogen and oxygen atoms in total. The summed E-state index contributed by atoms with van der Waals surface area (Å²) in [6.45, 7) is 3.14. The number of rotatable bonds is 3. The molecule has 1 aromatic carbocycles. The number of benzene rings is 1. The number of hydrogen-bond donors (Lipinski definition) is 1. The fourth-order valence-electron chi connectivity index (χ4n) is 1.40. The first-order valence-corrected chi connectivity index (χ1v) is 5.24. The molecule has 6 heteroatoms. The normalized spacial score (nSPS) is 12.3. The molecular weight excluding hydrogens is 250 g/mol. The van der Waals surface area contributed by atoms with E-state index in [2.05, 4.69) is 0 Å². The third-order valence-corrected chi connectivity index (χ3v) is 2.57. The molecule has 0 saturated heterocycles. The first-order valence-electron chi connectivity index (χ1n) is 5.24. The van der Waals surface area contributed by atoms with E-state index < -0.39 is 23.3 Å². The number of alkyl halides is 3. The molecule has 0 saturated carbocycles. The van der Waals surface area contributed by atoms with Crippen LogP contribution >= 0.6 is 0 Å². The SMILES string of the molecule is CC(C)(CNC(=O)C(F)(F)F)c1ccc(F)cc1. The molecule has 0 bridgehead atoms. The minimum absolute atomic E-state index is 0.184. The number of nitrogens with one attached hydrogen (secondary N) is 1. The van der Waals surface area contributed by atoms with Gasteiger partial charge in [-0.05, 0) is 17.7 Å². The van der Waals surface area contributed by atoms with E-state index in [-0.39, 0.29) is 6.54 Å². The van der Waals surface area contributed by atoms with Crippen molar-refractivity contribution >= 4 is 5.91 Å². The average Bonchev–Trinajstić information content (AvgIpc) is 2.25. The predicted octanol–water partition coefficient (Wildman–Crippen LogP) is 2.78. The van der Waals surface area contributed by atoms with Gasteiger partial charge in [0.1, 0.15) is 5.82 Å². The Hall–Kier alpha value is -1.59. The van der Waals surface area contributed by atoms with Crippen molar-refractivity contribution in [1.29, 1.82) is 0 Å². The van der Waals surface area contributed by atoms with E-state index in [0.29, 0.717) is 5.56 Å². The van der Waals surface area contributed by atoms with Crippen LogP contribution in [0.1, 0.15) is 19.4 Å². The van der Waals surface area contributed by atoms with Gasteiger partial charge in [-0.15, -0.1) is 0 Å². The minimum Gasteiger partial charge on any atom is -0.347 e. The Morgan fingerprint density at radius 2 is 1.67 bits per heavy atom. The molecular formula is C12H13F4NO. The van der Waals surface area contributed by atoms with Gasteiger partial charge in [-0.25, -0.2) is 4.39 Å². The third-order valence-electron chi connectivity index (χ3n) is 2.57. The zero-order valence-electron chi connectivity index (χ0n) is 9.94. The Balaban J connectivity index is 2.71. The Labute approximate surface area is 102 Å². The second-order valence-corrected chi connectivity index (χ2v) is 4.57. The highest BCUT2D eigenvalue weighted by Gasteiger charge is 2.39. The van der Waals surface area contributed by atoms with E-state index >= 15 is 0 Å². The fraction of sp³-hybridized carbons (Fsp3) is 0.417. The standard InChI is InChI=1S/C12H13F4NO/c1-11(2,7-17-10(18)12(14,15)16)8-3-5-9(13)6-4-8/h3-6H,7H2,1-2H3,(H,17,18). The molecule has 0 spiro atoms. The first-order chi connectivity index (χ1) is 8.13. The van der Waals surface area contributed by atoms with Gasteiger partial charge >= 0.3 is 12.1 Å². The van der Waals surface area contributed by atoms with Gasteiger partial charge in [-0.2, -0.15) is 13.2 Å². The van der Waals surface area contributed by atoms with Crippen LogP contribution in [0.4, 0.5) is 17.6 Å². The van der Waals surface area contributed by atoms with Gasteiger partial charge in [0, 0.05) is 12.0 Å². The molecule has 0 aromatic heterocycles. The summed E-state index contributed by atoms with van der Waals surface area (Å²) in [5, 5.41) is 1.82. The first kappa shape index (κ1) is 14.5. The summed E-state index contributed by atoms with van der Waals surface area (Å²) in [4.78, 5) is 10.7. The van der Waals surface area contributed by atoms with Crippen LogP contribution in [0, 0.1) is 5.82 Å². The maximum atomic E-state index is 12.7. The van der Waals surface area contributed by atoms with Gasteiger partial charge < -0.3 is 5.32 Å². The number of hydrogen-bond acceptors (Lipinski definition) is 1. The van der Waals surface area contributed by atoms with Crippen LogP contribution in [-0.4, -0.2) is 18.6 Å². The van der Waals surface area contributed by atoms with Gasteiger partial charge in [-0.1, -0.05) is 26.0 Å². The van der Waals surface area contributed by atoms with Crippen molar-refractivity contribution in [3.63, 3.8) is 0 Å². The zero-order valence-corrected chi connectivity index (χ0v) is 9.94. The van der Waals surface area contributed by atoms with Crippen LogP contribution in [0.3, 0.4) is 0 Å². The predicted molar refractivity (Wildman–Crippen MR) is 58.5 cm³/mol. The van der Waals surface area contributed by atoms with Crippen LogP contribution < -0.4 is 5.32 Å². The highest BCUT2D eigenvalue weighted by molar-refractivity contribution is 5.81. The van der Waals surface area contributed by atoms with Crippen molar-refractivity contribution in [2.24, 2.45) is 0 Å². The Morgan fingerprint density at radius 1 is 1.17 bits per heavy atom. The van der Waals surface area contributed by atoms with E-state index in [1.165, 1.54) is 24.3 Å². The summed E-state index contributed by atoms with van der Waals surface area (Å²) in [7, 11) is 0. The number of halogens is 4. The van der Waals surface area contributed by atoms with E-state index in [9.17, 15) is 22.4 Å². The van der Waals surface area contributed by atoms with Gasteiger partial charge in [0.25, 0.3) is 0 Å². The highest BCUT2D eigenvalue weighted by Crippen LogP contribution is 2.23. The molecule has 0 heterocycles. The molecule has 0 unspecified atom stereocenters. The average molecular weight is 263 g/mol. The second kappa shape index (κ2) is 4.96. The number of amides is 1. The lowest BCUT2D eigenvalue weighted by Gasteiger charge is -2.25. The summed E-state index contributed by atoms with van der Waals surface area (Å²) in [5.74, 6) is -2.40. The number of carbonyl (C=O) groups excluding carboxylic acids is 1. The van der Waals surface area contributed by atoms with Crippen LogP contribution in [-0.2, 0) is 10.2 Å². The summed E-state index contributed by atoms with van der Waals surface area (Å²) in [6.07, 6.45) is -4.89.